The van der Waals surface area contributed by atoms with Crippen LogP contribution in [0, 0.1) is 0 Å². The molecule has 8 rings (SSSR count). The lowest BCUT2D eigenvalue weighted by Gasteiger charge is -2.26. The van der Waals surface area contributed by atoms with Crippen molar-refractivity contribution in [2.75, 3.05) is 0 Å². The predicted molar refractivity (Wildman–Crippen MR) is 171 cm³/mol. The van der Waals surface area contributed by atoms with Crippen molar-refractivity contribution in [2.45, 2.75) is 19.3 Å². The first-order valence-electron chi connectivity index (χ1n) is 14.2. The fourth-order valence-corrected chi connectivity index (χ4v) is 6.74. The Morgan fingerprint density at radius 1 is 0.585 bits per heavy atom. The zero-order valence-electron chi connectivity index (χ0n) is 23.1. The van der Waals surface area contributed by atoms with Gasteiger partial charge in [0.25, 0.3) is 0 Å². The van der Waals surface area contributed by atoms with Gasteiger partial charge >= 0.3 is 0 Å². The van der Waals surface area contributed by atoms with E-state index in [-0.39, 0.29) is 5.41 Å². The highest BCUT2D eigenvalue weighted by Gasteiger charge is 2.39. The van der Waals surface area contributed by atoms with E-state index in [0.717, 1.165) is 16.8 Å². The maximum Gasteiger partial charge on any atom is 0.0759 e. The van der Waals surface area contributed by atoms with E-state index in [4.69, 9.17) is 4.98 Å². The first-order chi connectivity index (χ1) is 20.1. The maximum absolute atomic E-state index is 5.34. The van der Waals surface area contributed by atoms with Gasteiger partial charge < -0.3 is 0 Å². The highest BCUT2D eigenvalue weighted by Crippen LogP contribution is 2.54. The first-order valence-corrected chi connectivity index (χ1v) is 14.2. The maximum atomic E-state index is 5.34. The molecule has 0 fully saturated rings. The summed E-state index contributed by atoms with van der Waals surface area (Å²) in [5.41, 5.74) is 13.1. The normalized spacial score (nSPS) is 13.3. The van der Waals surface area contributed by atoms with Crippen LogP contribution in [0.2, 0.25) is 0 Å². The third-order valence-corrected chi connectivity index (χ3v) is 8.72. The van der Waals surface area contributed by atoms with E-state index >= 15 is 0 Å². The van der Waals surface area contributed by atoms with Gasteiger partial charge in [0.05, 0.1) is 11.2 Å². The Bertz CT molecular complexity index is 2110. The minimum Gasteiger partial charge on any atom is -0.264 e. The van der Waals surface area contributed by atoms with Crippen LogP contribution in [0.1, 0.15) is 25.0 Å². The second kappa shape index (κ2) is 8.97. The molecule has 0 saturated carbocycles. The Balaban J connectivity index is 1.39. The molecule has 1 aliphatic rings. The van der Waals surface area contributed by atoms with Gasteiger partial charge in [-0.15, -0.1) is 0 Å². The van der Waals surface area contributed by atoms with Crippen LogP contribution < -0.4 is 0 Å². The van der Waals surface area contributed by atoms with E-state index in [2.05, 4.69) is 134 Å². The minimum absolute atomic E-state index is 0.180. The number of hydrogen-bond acceptors (Lipinski definition) is 2. The SMILES string of the molecule is CC1(C)c2ccccc2-c2nc3ccc4ccccc4c3c(-c3cccc(-c4ccc(-c5cccnc5)cc4)c3)c21. The number of aromatic nitrogens is 2. The van der Waals surface area contributed by atoms with Crippen molar-refractivity contribution in [3.63, 3.8) is 0 Å². The quantitative estimate of drug-likeness (QED) is 0.215. The lowest BCUT2D eigenvalue weighted by atomic mass is 9.77. The summed E-state index contributed by atoms with van der Waals surface area (Å²) in [6, 6.07) is 43.8. The summed E-state index contributed by atoms with van der Waals surface area (Å²) in [7, 11) is 0. The first kappa shape index (κ1) is 23.8. The van der Waals surface area contributed by atoms with Crippen LogP contribution in [-0.4, -0.2) is 9.97 Å². The van der Waals surface area contributed by atoms with Gasteiger partial charge in [0.15, 0.2) is 0 Å². The number of pyridine rings is 2. The lowest BCUT2D eigenvalue weighted by molar-refractivity contribution is 0.662. The van der Waals surface area contributed by atoms with Crippen molar-refractivity contribution >= 4 is 21.7 Å². The fraction of sp³-hybridized carbons (Fsp3) is 0.0769. The fourth-order valence-electron chi connectivity index (χ4n) is 6.74. The highest BCUT2D eigenvalue weighted by atomic mass is 14.7. The van der Waals surface area contributed by atoms with Gasteiger partial charge in [-0.2, -0.15) is 0 Å². The monoisotopic (exact) mass is 524 g/mol. The summed E-state index contributed by atoms with van der Waals surface area (Å²) < 4.78 is 0. The van der Waals surface area contributed by atoms with E-state index in [9.17, 15) is 0 Å². The van der Waals surface area contributed by atoms with E-state index in [0.29, 0.717) is 0 Å². The third kappa shape index (κ3) is 3.64. The predicted octanol–water partition coefficient (Wildman–Crippen LogP) is 10.1. The van der Waals surface area contributed by atoms with E-state index < -0.39 is 0 Å². The van der Waals surface area contributed by atoms with Gasteiger partial charge in [0, 0.05) is 28.8 Å². The molecule has 5 aromatic carbocycles. The molecule has 0 N–H and O–H groups in total. The Hall–Kier alpha value is -5.08. The van der Waals surface area contributed by atoms with Crippen LogP contribution in [0.15, 0.2) is 134 Å². The molecule has 0 radical (unpaired) electrons. The molecule has 0 bridgehead atoms. The molecule has 7 aromatic rings. The van der Waals surface area contributed by atoms with Crippen LogP contribution in [0.25, 0.3) is 66.3 Å². The standard InChI is InChI=1S/C39H28N2/c1-39(2)33-15-6-5-14-32(33)38-37(39)35(36-31-13-4-3-9-27(31)20-21-34(36)41-38)29-11-7-10-28(23-29)25-16-18-26(19-17-25)30-12-8-22-40-24-30/h3-24H,1-2H3. The molecule has 2 heterocycles. The second-order valence-corrected chi connectivity index (χ2v) is 11.5. The van der Waals surface area contributed by atoms with E-state index in [1.807, 2.05) is 18.5 Å². The third-order valence-electron chi connectivity index (χ3n) is 8.72. The molecule has 0 amide bonds. The van der Waals surface area contributed by atoms with Gasteiger partial charge in [-0.3, -0.25) is 4.98 Å². The number of rotatable bonds is 3. The summed E-state index contributed by atoms with van der Waals surface area (Å²) in [6.45, 7) is 4.70. The number of benzene rings is 5. The van der Waals surface area contributed by atoms with Crippen molar-refractivity contribution in [2.24, 2.45) is 0 Å². The van der Waals surface area contributed by atoms with E-state index in [1.165, 1.54) is 60.7 Å². The van der Waals surface area contributed by atoms with Gasteiger partial charge in [0.1, 0.15) is 0 Å². The molecule has 0 aliphatic heterocycles. The van der Waals surface area contributed by atoms with Gasteiger partial charge in [0.2, 0.25) is 0 Å². The molecule has 2 heteroatoms. The molecule has 0 saturated heterocycles. The largest absolute Gasteiger partial charge is 0.264 e. The Kier molecular flexibility index (Phi) is 5.20. The number of fused-ring (bicyclic) bond motifs is 6. The molecule has 0 unspecified atom stereocenters. The molecular formula is C39H28N2. The lowest BCUT2D eigenvalue weighted by Crippen LogP contribution is -2.16. The topological polar surface area (TPSA) is 25.8 Å². The molecule has 0 atom stereocenters. The molecular weight excluding hydrogens is 496 g/mol. The van der Waals surface area contributed by atoms with Crippen LogP contribution in [0.3, 0.4) is 0 Å². The van der Waals surface area contributed by atoms with Crippen LogP contribution >= 0.6 is 0 Å². The summed E-state index contributed by atoms with van der Waals surface area (Å²) in [5, 5.41) is 3.71. The second-order valence-electron chi connectivity index (χ2n) is 11.5. The van der Waals surface area contributed by atoms with Crippen LogP contribution in [0.4, 0.5) is 0 Å². The van der Waals surface area contributed by atoms with Crippen molar-refractivity contribution in [3.8, 4) is 44.6 Å². The van der Waals surface area contributed by atoms with Gasteiger partial charge in [-0.1, -0.05) is 117 Å². The van der Waals surface area contributed by atoms with E-state index in [1.54, 1.807) is 0 Å². The summed E-state index contributed by atoms with van der Waals surface area (Å²) >= 11 is 0. The number of hydrogen-bond donors (Lipinski definition) is 0. The summed E-state index contributed by atoms with van der Waals surface area (Å²) in [5.74, 6) is 0. The molecule has 2 nitrogen and oxygen atoms in total. The molecule has 194 valence electrons. The minimum atomic E-state index is -0.180. The zero-order valence-corrected chi connectivity index (χ0v) is 23.1. The Morgan fingerprint density at radius 2 is 1.32 bits per heavy atom. The molecule has 1 aliphatic carbocycles. The summed E-state index contributed by atoms with van der Waals surface area (Å²) in [6.07, 6.45) is 3.72. The average molecular weight is 525 g/mol. The molecule has 2 aromatic heterocycles. The molecule has 41 heavy (non-hydrogen) atoms. The smallest absolute Gasteiger partial charge is 0.0759 e. The molecule has 0 spiro atoms. The van der Waals surface area contributed by atoms with Gasteiger partial charge in [-0.05, 0) is 73.5 Å². The van der Waals surface area contributed by atoms with Crippen LogP contribution in [0.5, 0.6) is 0 Å². The van der Waals surface area contributed by atoms with Crippen molar-refractivity contribution in [1.29, 1.82) is 0 Å². The summed E-state index contributed by atoms with van der Waals surface area (Å²) in [4.78, 5) is 9.63. The van der Waals surface area contributed by atoms with Crippen LogP contribution in [-0.2, 0) is 5.41 Å². The Morgan fingerprint density at radius 3 is 2.15 bits per heavy atom. The highest BCUT2D eigenvalue weighted by molar-refractivity contribution is 6.16. The number of nitrogens with zero attached hydrogens (tertiary/aromatic N) is 2. The average Bonchev–Trinajstić information content (AvgIpc) is 3.26. The van der Waals surface area contributed by atoms with Crippen molar-refractivity contribution in [1.82, 2.24) is 9.97 Å². The Labute approximate surface area is 240 Å². The zero-order chi connectivity index (χ0) is 27.6. The van der Waals surface area contributed by atoms with Crippen molar-refractivity contribution < 1.29 is 0 Å². The van der Waals surface area contributed by atoms with Gasteiger partial charge in [-0.25, -0.2) is 4.98 Å². The van der Waals surface area contributed by atoms with Crippen molar-refractivity contribution in [3.05, 3.63) is 145 Å².